The van der Waals surface area contributed by atoms with Crippen LogP contribution in [-0.2, 0) is 4.74 Å². The van der Waals surface area contributed by atoms with Crippen LogP contribution in [0.3, 0.4) is 0 Å². The molecule has 1 heterocycles. The van der Waals surface area contributed by atoms with E-state index in [1.165, 1.54) is 25.7 Å². The van der Waals surface area contributed by atoms with E-state index in [1.807, 2.05) is 25.7 Å². The van der Waals surface area contributed by atoms with E-state index in [9.17, 15) is 4.79 Å². The number of nitrogens with zero attached hydrogens (tertiary/aromatic N) is 1. The Morgan fingerprint density at radius 2 is 2.05 bits per heavy atom. The highest BCUT2D eigenvalue weighted by Crippen LogP contribution is 2.35. The molecule has 1 aliphatic heterocycles. The maximum Gasteiger partial charge on any atom is 0.410 e. The van der Waals surface area contributed by atoms with Crippen LogP contribution in [0.25, 0.3) is 0 Å². The summed E-state index contributed by atoms with van der Waals surface area (Å²) in [6.07, 6.45) is 7.11. The van der Waals surface area contributed by atoms with Crippen LogP contribution in [-0.4, -0.2) is 41.3 Å². The summed E-state index contributed by atoms with van der Waals surface area (Å²) in [7, 11) is 0. The Labute approximate surface area is 123 Å². The lowest BCUT2D eigenvalue weighted by Gasteiger charge is -2.43. The molecular formula is C16H30N2O2. The fourth-order valence-electron chi connectivity index (χ4n) is 3.20. The van der Waals surface area contributed by atoms with Crippen LogP contribution < -0.4 is 5.32 Å². The fraction of sp³-hybridized carbons (Fsp3) is 0.938. The van der Waals surface area contributed by atoms with Crippen molar-refractivity contribution in [1.29, 1.82) is 0 Å². The minimum absolute atomic E-state index is 0.152. The second-order valence-corrected chi connectivity index (χ2v) is 7.34. The monoisotopic (exact) mass is 282 g/mol. The molecule has 1 saturated carbocycles. The Bertz CT molecular complexity index is 339. The van der Waals surface area contributed by atoms with Crippen LogP contribution in [0.4, 0.5) is 4.79 Å². The van der Waals surface area contributed by atoms with E-state index in [1.54, 1.807) is 0 Å². The van der Waals surface area contributed by atoms with Crippen LogP contribution in [0.2, 0.25) is 0 Å². The number of amides is 1. The van der Waals surface area contributed by atoms with Crippen LogP contribution >= 0.6 is 0 Å². The van der Waals surface area contributed by atoms with Crippen molar-refractivity contribution in [3.63, 3.8) is 0 Å². The molecule has 0 aromatic heterocycles. The SMILES string of the molecule is CCC1(NCC2CCCN2C(=O)OC(C)(C)C)CCC1. The van der Waals surface area contributed by atoms with E-state index in [-0.39, 0.29) is 6.09 Å². The first-order valence-corrected chi connectivity index (χ1v) is 8.10. The van der Waals surface area contributed by atoms with Crippen molar-refractivity contribution < 1.29 is 9.53 Å². The van der Waals surface area contributed by atoms with Gasteiger partial charge in [0.15, 0.2) is 0 Å². The smallest absolute Gasteiger partial charge is 0.410 e. The molecule has 0 aromatic rings. The Kier molecular flexibility index (Phi) is 4.62. The van der Waals surface area contributed by atoms with Crippen molar-refractivity contribution in [3.8, 4) is 0 Å². The molecule has 2 aliphatic rings. The quantitative estimate of drug-likeness (QED) is 0.860. The fourth-order valence-corrected chi connectivity index (χ4v) is 3.20. The maximum atomic E-state index is 12.2. The predicted octanol–water partition coefficient (Wildman–Crippen LogP) is 3.31. The molecule has 1 unspecified atom stereocenters. The summed E-state index contributed by atoms with van der Waals surface area (Å²) in [5, 5.41) is 3.72. The van der Waals surface area contributed by atoms with Gasteiger partial charge in [0, 0.05) is 24.7 Å². The lowest BCUT2D eigenvalue weighted by Crippen LogP contribution is -2.54. The summed E-state index contributed by atoms with van der Waals surface area (Å²) in [6.45, 7) is 9.78. The lowest BCUT2D eigenvalue weighted by molar-refractivity contribution is 0.0213. The highest BCUT2D eigenvalue weighted by molar-refractivity contribution is 5.69. The van der Waals surface area contributed by atoms with E-state index >= 15 is 0 Å². The molecule has 1 N–H and O–H groups in total. The summed E-state index contributed by atoms with van der Waals surface area (Å²) in [6, 6.07) is 0.300. The highest BCUT2D eigenvalue weighted by atomic mass is 16.6. The number of carbonyl (C=O) groups is 1. The predicted molar refractivity (Wildman–Crippen MR) is 80.8 cm³/mol. The van der Waals surface area contributed by atoms with Gasteiger partial charge in [0.1, 0.15) is 5.60 Å². The molecule has 1 saturated heterocycles. The first kappa shape index (κ1) is 15.6. The minimum Gasteiger partial charge on any atom is -0.444 e. The molecule has 1 amide bonds. The Morgan fingerprint density at radius 1 is 1.35 bits per heavy atom. The van der Waals surface area contributed by atoms with E-state index < -0.39 is 5.60 Å². The van der Waals surface area contributed by atoms with Crippen molar-refractivity contribution in [2.24, 2.45) is 0 Å². The molecule has 4 heteroatoms. The molecule has 2 fully saturated rings. The Balaban J connectivity index is 1.86. The van der Waals surface area contributed by atoms with E-state index in [0.29, 0.717) is 11.6 Å². The lowest BCUT2D eigenvalue weighted by atomic mass is 9.75. The van der Waals surface area contributed by atoms with Gasteiger partial charge in [-0.3, -0.25) is 0 Å². The van der Waals surface area contributed by atoms with Gasteiger partial charge in [0.05, 0.1) is 0 Å². The molecule has 0 aromatic carbocycles. The van der Waals surface area contributed by atoms with Crippen LogP contribution in [0, 0.1) is 0 Å². The molecule has 0 bridgehead atoms. The molecule has 116 valence electrons. The Hall–Kier alpha value is -0.770. The van der Waals surface area contributed by atoms with E-state index in [0.717, 1.165) is 25.9 Å². The van der Waals surface area contributed by atoms with Crippen molar-refractivity contribution in [1.82, 2.24) is 10.2 Å². The summed E-state index contributed by atoms with van der Waals surface area (Å²) in [4.78, 5) is 14.1. The first-order valence-electron chi connectivity index (χ1n) is 8.10. The van der Waals surface area contributed by atoms with Gasteiger partial charge in [-0.2, -0.15) is 0 Å². The van der Waals surface area contributed by atoms with Crippen molar-refractivity contribution in [2.45, 2.75) is 83.4 Å². The van der Waals surface area contributed by atoms with Gasteiger partial charge in [-0.15, -0.1) is 0 Å². The number of carbonyl (C=O) groups excluding carboxylic acids is 1. The zero-order valence-corrected chi connectivity index (χ0v) is 13.5. The first-order chi connectivity index (χ1) is 9.35. The average Bonchev–Trinajstić information content (AvgIpc) is 2.74. The zero-order chi connectivity index (χ0) is 14.8. The van der Waals surface area contributed by atoms with E-state index in [4.69, 9.17) is 4.74 Å². The number of hydrogen-bond donors (Lipinski definition) is 1. The molecule has 0 spiro atoms. The largest absolute Gasteiger partial charge is 0.444 e. The summed E-state index contributed by atoms with van der Waals surface area (Å²) in [5.74, 6) is 0. The van der Waals surface area contributed by atoms with Crippen LogP contribution in [0.5, 0.6) is 0 Å². The third-order valence-corrected chi connectivity index (χ3v) is 4.71. The maximum absolute atomic E-state index is 12.2. The molecule has 4 nitrogen and oxygen atoms in total. The van der Waals surface area contributed by atoms with E-state index in [2.05, 4.69) is 12.2 Å². The van der Waals surface area contributed by atoms with Gasteiger partial charge < -0.3 is 15.0 Å². The number of hydrogen-bond acceptors (Lipinski definition) is 3. The van der Waals surface area contributed by atoms with Gasteiger partial charge in [-0.1, -0.05) is 6.92 Å². The molecule has 1 atom stereocenters. The van der Waals surface area contributed by atoms with Gasteiger partial charge in [-0.05, 0) is 59.3 Å². The molecule has 0 radical (unpaired) electrons. The number of rotatable bonds is 4. The van der Waals surface area contributed by atoms with Gasteiger partial charge in [0.2, 0.25) is 0 Å². The number of nitrogens with one attached hydrogen (secondary N) is 1. The molecule has 1 aliphatic carbocycles. The summed E-state index contributed by atoms with van der Waals surface area (Å²) < 4.78 is 5.51. The van der Waals surface area contributed by atoms with Gasteiger partial charge >= 0.3 is 6.09 Å². The highest BCUT2D eigenvalue weighted by Gasteiger charge is 2.37. The summed E-state index contributed by atoms with van der Waals surface area (Å²) >= 11 is 0. The van der Waals surface area contributed by atoms with Gasteiger partial charge in [0.25, 0.3) is 0 Å². The average molecular weight is 282 g/mol. The van der Waals surface area contributed by atoms with Crippen molar-refractivity contribution >= 4 is 6.09 Å². The topological polar surface area (TPSA) is 41.6 Å². The second-order valence-electron chi connectivity index (χ2n) is 7.34. The third-order valence-electron chi connectivity index (χ3n) is 4.71. The van der Waals surface area contributed by atoms with Crippen LogP contribution in [0.15, 0.2) is 0 Å². The normalized spacial score (nSPS) is 25.4. The number of ether oxygens (including phenoxy) is 1. The summed E-state index contributed by atoms with van der Waals surface area (Å²) in [5.41, 5.74) is -0.0571. The molecule has 20 heavy (non-hydrogen) atoms. The third kappa shape index (κ3) is 3.66. The van der Waals surface area contributed by atoms with Crippen molar-refractivity contribution in [3.05, 3.63) is 0 Å². The van der Waals surface area contributed by atoms with Gasteiger partial charge in [-0.25, -0.2) is 4.79 Å². The standard InChI is InChI=1S/C16H30N2O2/c1-5-16(9-7-10-16)17-12-13-8-6-11-18(13)14(19)20-15(2,3)4/h13,17H,5-12H2,1-4H3. The second kappa shape index (κ2) is 5.92. The zero-order valence-electron chi connectivity index (χ0n) is 13.5. The number of likely N-dealkylation sites (tertiary alicyclic amines) is 1. The van der Waals surface area contributed by atoms with Crippen molar-refractivity contribution in [2.75, 3.05) is 13.1 Å². The molecule has 2 rings (SSSR count). The van der Waals surface area contributed by atoms with Crippen LogP contribution in [0.1, 0.15) is 66.2 Å². The molecular weight excluding hydrogens is 252 g/mol. The Morgan fingerprint density at radius 3 is 2.55 bits per heavy atom. The minimum atomic E-state index is -0.406.